The van der Waals surface area contributed by atoms with Crippen LogP contribution in [0.1, 0.15) is 0 Å². The van der Waals surface area contributed by atoms with Crippen molar-refractivity contribution in [1.29, 1.82) is 0 Å². The predicted molar refractivity (Wildman–Crippen MR) is 73.2 cm³/mol. The van der Waals surface area contributed by atoms with Gasteiger partial charge < -0.3 is 15.4 Å². The second-order valence-electron chi connectivity index (χ2n) is 4.91. The van der Waals surface area contributed by atoms with Gasteiger partial charge in [0.05, 0.1) is 18.4 Å². The largest absolute Gasteiger partial charge is 0.396 e. The van der Waals surface area contributed by atoms with Gasteiger partial charge in [0.1, 0.15) is 16.5 Å². The summed E-state index contributed by atoms with van der Waals surface area (Å²) in [4.78, 5) is 1.32. The van der Waals surface area contributed by atoms with Crippen LogP contribution in [-0.4, -0.2) is 52.7 Å². The van der Waals surface area contributed by atoms with Crippen molar-refractivity contribution in [3.8, 4) is 0 Å². The molecule has 3 N–H and O–H groups in total. The Hall–Kier alpha value is -1.29. The average molecular weight is 321 g/mol. The molecular weight excluding hydrogens is 304 g/mol. The fourth-order valence-electron chi connectivity index (χ4n) is 2.02. The van der Waals surface area contributed by atoms with Gasteiger partial charge in [-0.2, -0.15) is 0 Å². The molecule has 0 aliphatic carbocycles. The number of likely N-dealkylation sites (N-methyl/N-ethyl adjacent to an activating group) is 1. The molecule has 1 aromatic carbocycles. The summed E-state index contributed by atoms with van der Waals surface area (Å²) >= 11 is 0. The molecule has 0 aromatic heterocycles. The number of nitrogens with one attached hydrogen (secondary N) is 1. The lowest BCUT2D eigenvalue weighted by atomic mass is 10.3. The Morgan fingerprint density at radius 3 is 2.81 bits per heavy atom. The molecule has 1 fully saturated rings. The van der Waals surface area contributed by atoms with E-state index in [0.717, 1.165) is 12.6 Å². The van der Waals surface area contributed by atoms with Crippen molar-refractivity contribution < 1.29 is 21.9 Å². The summed E-state index contributed by atoms with van der Waals surface area (Å²) in [6, 6.07) is 1.22. The summed E-state index contributed by atoms with van der Waals surface area (Å²) < 4.78 is 58.4. The molecule has 0 amide bonds. The molecule has 0 bridgehead atoms. The molecule has 1 atom stereocenters. The molecule has 1 unspecified atom stereocenters. The van der Waals surface area contributed by atoms with E-state index >= 15 is 0 Å². The van der Waals surface area contributed by atoms with Crippen molar-refractivity contribution >= 4 is 15.7 Å². The Morgan fingerprint density at radius 2 is 2.14 bits per heavy atom. The highest BCUT2D eigenvalue weighted by Gasteiger charge is 2.24. The van der Waals surface area contributed by atoms with Gasteiger partial charge in [-0.1, -0.05) is 0 Å². The molecule has 0 radical (unpaired) electrons. The molecule has 0 spiro atoms. The van der Waals surface area contributed by atoms with Crippen LogP contribution in [0.25, 0.3) is 0 Å². The average Bonchev–Trinajstić information content (AvgIpc) is 2.41. The maximum absolute atomic E-state index is 13.6. The van der Waals surface area contributed by atoms with Gasteiger partial charge in [0.15, 0.2) is 0 Å². The van der Waals surface area contributed by atoms with Crippen LogP contribution in [0.3, 0.4) is 0 Å². The minimum Gasteiger partial charge on any atom is -0.396 e. The number of hydrogen-bond donors (Lipinski definition) is 2. The zero-order valence-corrected chi connectivity index (χ0v) is 12.3. The topological polar surface area (TPSA) is 84.7 Å². The van der Waals surface area contributed by atoms with E-state index in [1.165, 1.54) is 0 Å². The second kappa shape index (κ2) is 6.22. The van der Waals surface area contributed by atoms with Gasteiger partial charge in [-0.05, 0) is 13.1 Å². The Labute approximate surface area is 121 Å². The predicted octanol–water partition coefficient (Wildman–Crippen LogP) is 0.156. The van der Waals surface area contributed by atoms with Crippen molar-refractivity contribution in [3.63, 3.8) is 0 Å². The number of morpholine rings is 1. The summed E-state index contributed by atoms with van der Waals surface area (Å²) in [5, 5.41) is 0. The number of halogens is 2. The minimum absolute atomic E-state index is 0.00337. The molecular formula is C12H17F2N3O3S. The van der Waals surface area contributed by atoms with E-state index in [1.54, 1.807) is 0 Å². The van der Waals surface area contributed by atoms with E-state index in [4.69, 9.17) is 10.5 Å². The molecule has 2 rings (SSSR count). The zero-order valence-electron chi connectivity index (χ0n) is 11.5. The van der Waals surface area contributed by atoms with Crippen LogP contribution in [0.4, 0.5) is 14.5 Å². The van der Waals surface area contributed by atoms with Crippen LogP contribution in [0, 0.1) is 11.6 Å². The number of nitrogens with zero attached hydrogens (tertiary/aromatic N) is 1. The van der Waals surface area contributed by atoms with E-state index in [9.17, 15) is 17.2 Å². The van der Waals surface area contributed by atoms with Gasteiger partial charge in [-0.15, -0.1) is 0 Å². The first-order valence-electron chi connectivity index (χ1n) is 6.34. The van der Waals surface area contributed by atoms with Gasteiger partial charge in [0, 0.05) is 25.7 Å². The summed E-state index contributed by atoms with van der Waals surface area (Å²) in [6.45, 7) is 1.84. The fourth-order valence-corrected chi connectivity index (χ4v) is 3.18. The van der Waals surface area contributed by atoms with Gasteiger partial charge >= 0.3 is 0 Å². The fraction of sp³-hybridized carbons (Fsp3) is 0.500. The molecule has 1 saturated heterocycles. The van der Waals surface area contributed by atoms with Gasteiger partial charge in [-0.3, -0.25) is 0 Å². The number of nitrogens with two attached hydrogens (primary N) is 1. The van der Waals surface area contributed by atoms with Gasteiger partial charge in [-0.25, -0.2) is 21.9 Å². The summed E-state index contributed by atoms with van der Waals surface area (Å²) in [6.07, 6.45) is -0.320. The Balaban J connectivity index is 2.10. The van der Waals surface area contributed by atoms with Crippen molar-refractivity contribution in [3.05, 3.63) is 23.8 Å². The highest BCUT2D eigenvalue weighted by atomic mass is 32.2. The highest BCUT2D eigenvalue weighted by Crippen LogP contribution is 2.20. The molecule has 21 heavy (non-hydrogen) atoms. The standard InChI is InChI=1S/C12H17F2N3O3S/c1-17-2-3-20-8(7-17)6-16-21(18,19)12-5-11(15)9(13)4-10(12)14/h4-5,8,16H,2-3,6-7,15H2,1H3. The van der Waals surface area contributed by atoms with Crippen molar-refractivity contribution in [2.24, 2.45) is 0 Å². The molecule has 1 heterocycles. The van der Waals surface area contributed by atoms with Crippen molar-refractivity contribution in [2.45, 2.75) is 11.0 Å². The monoisotopic (exact) mass is 321 g/mol. The maximum atomic E-state index is 13.6. The number of sulfonamides is 1. The number of ether oxygens (including phenoxy) is 1. The molecule has 118 valence electrons. The number of rotatable bonds is 4. The minimum atomic E-state index is -4.12. The van der Waals surface area contributed by atoms with E-state index in [-0.39, 0.29) is 12.6 Å². The van der Waals surface area contributed by atoms with E-state index in [0.29, 0.717) is 19.2 Å². The molecule has 1 aliphatic heterocycles. The first-order chi connectivity index (χ1) is 9.79. The molecule has 6 nitrogen and oxygen atoms in total. The lowest BCUT2D eigenvalue weighted by Gasteiger charge is -2.30. The SMILES string of the molecule is CN1CCOC(CNS(=O)(=O)c2cc(N)c(F)cc2F)C1. The third kappa shape index (κ3) is 3.88. The molecule has 1 aromatic rings. The first-order valence-corrected chi connectivity index (χ1v) is 7.82. The van der Waals surface area contributed by atoms with Crippen LogP contribution in [0.2, 0.25) is 0 Å². The molecule has 9 heteroatoms. The Morgan fingerprint density at radius 1 is 1.43 bits per heavy atom. The third-order valence-electron chi connectivity index (χ3n) is 3.18. The van der Waals surface area contributed by atoms with Crippen LogP contribution >= 0.6 is 0 Å². The third-order valence-corrected chi connectivity index (χ3v) is 4.62. The van der Waals surface area contributed by atoms with Crippen LogP contribution in [0.15, 0.2) is 17.0 Å². The smallest absolute Gasteiger partial charge is 0.243 e. The normalized spacial score (nSPS) is 20.6. The number of nitrogen functional groups attached to an aromatic ring is 1. The van der Waals surface area contributed by atoms with Crippen LogP contribution < -0.4 is 10.5 Å². The van der Waals surface area contributed by atoms with Crippen LogP contribution in [0.5, 0.6) is 0 Å². The zero-order chi connectivity index (χ0) is 15.6. The maximum Gasteiger partial charge on any atom is 0.243 e. The molecule has 0 saturated carbocycles. The second-order valence-corrected chi connectivity index (χ2v) is 6.65. The van der Waals surface area contributed by atoms with E-state index in [1.807, 2.05) is 11.9 Å². The van der Waals surface area contributed by atoms with Crippen LogP contribution in [-0.2, 0) is 14.8 Å². The van der Waals surface area contributed by atoms with Crippen molar-refractivity contribution in [2.75, 3.05) is 39.0 Å². The van der Waals surface area contributed by atoms with E-state index in [2.05, 4.69) is 4.72 Å². The highest BCUT2D eigenvalue weighted by molar-refractivity contribution is 7.89. The first kappa shape index (κ1) is 16.1. The Bertz CT molecular complexity index is 624. The lowest BCUT2D eigenvalue weighted by molar-refractivity contribution is -0.0156. The summed E-state index contributed by atoms with van der Waals surface area (Å²) in [5.41, 5.74) is 4.85. The number of benzene rings is 1. The quantitative estimate of drug-likeness (QED) is 0.772. The van der Waals surface area contributed by atoms with Gasteiger partial charge in [0.2, 0.25) is 10.0 Å². The summed E-state index contributed by atoms with van der Waals surface area (Å²) in [5.74, 6) is -2.18. The summed E-state index contributed by atoms with van der Waals surface area (Å²) in [7, 11) is -2.22. The van der Waals surface area contributed by atoms with Gasteiger partial charge in [0.25, 0.3) is 0 Å². The lowest BCUT2D eigenvalue weighted by Crippen LogP contribution is -2.45. The number of hydrogen-bond acceptors (Lipinski definition) is 5. The molecule has 1 aliphatic rings. The van der Waals surface area contributed by atoms with E-state index < -0.39 is 32.2 Å². The van der Waals surface area contributed by atoms with Crippen molar-refractivity contribution in [1.82, 2.24) is 9.62 Å². The Kier molecular flexibility index (Phi) is 4.77. The number of anilines is 1.